The first-order valence-corrected chi connectivity index (χ1v) is 11.1. The summed E-state index contributed by atoms with van der Waals surface area (Å²) < 4.78 is 5.51. The highest BCUT2D eigenvalue weighted by molar-refractivity contribution is 5.79. The van der Waals surface area contributed by atoms with E-state index in [4.69, 9.17) is 9.84 Å². The van der Waals surface area contributed by atoms with Gasteiger partial charge in [0.2, 0.25) is 5.91 Å². The van der Waals surface area contributed by atoms with Crippen molar-refractivity contribution in [1.82, 2.24) is 10.6 Å². The van der Waals surface area contributed by atoms with Gasteiger partial charge in [-0.1, -0.05) is 55.5 Å². The second-order valence-corrected chi connectivity index (χ2v) is 8.34. The topological polar surface area (TPSA) is 125 Å². The molecule has 2 atom stereocenters. The second kappa shape index (κ2) is 11.5. The molecule has 8 heteroatoms. The standard InChI is InChI=1S/C25H30N2O6/c1-16(10-11-23(29)26-13-12-22(28)24(30)31)14-27-25(32)33-15-21-19-8-4-2-6-17(19)18-7-3-5-9-20(18)21/h2-9,16,21-22,28H,10-15H2,1H3,(H,26,29)(H,27,32)(H,30,31)/t16?,22-/m0/s1. The van der Waals surface area contributed by atoms with Crippen LogP contribution in [0.2, 0.25) is 0 Å². The molecule has 0 aliphatic heterocycles. The van der Waals surface area contributed by atoms with Crippen molar-refractivity contribution < 1.29 is 29.3 Å². The zero-order chi connectivity index (χ0) is 23.8. The molecule has 1 aliphatic carbocycles. The summed E-state index contributed by atoms with van der Waals surface area (Å²) in [5.74, 6) is -1.47. The Morgan fingerprint density at radius 3 is 2.18 bits per heavy atom. The van der Waals surface area contributed by atoms with Gasteiger partial charge in [-0.2, -0.15) is 0 Å². The van der Waals surface area contributed by atoms with Gasteiger partial charge >= 0.3 is 12.1 Å². The first-order chi connectivity index (χ1) is 15.9. The molecule has 0 heterocycles. The molecule has 33 heavy (non-hydrogen) atoms. The number of aliphatic carboxylic acids is 1. The second-order valence-electron chi connectivity index (χ2n) is 8.34. The van der Waals surface area contributed by atoms with Crippen molar-refractivity contribution in [2.45, 2.75) is 38.2 Å². The first-order valence-electron chi connectivity index (χ1n) is 11.1. The number of hydrogen-bond donors (Lipinski definition) is 4. The van der Waals surface area contributed by atoms with Crippen LogP contribution in [-0.2, 0) is 14.3 Å². The number of aliphatic hydroxyl groups excluding tert-OH is 1. The molecular formula is C25H30N2O6. The number of carbonyl (C=O) groups is 3. The van der Waals surface area contributed by atoms with Crippen molar-refractivity contribution in [1.29, 1.82) is 0 Å². The van der Waals surface area contributed by atoms with Gasteiger partial charge in [0.05, 0.1) is 0 Å². The molecule has 3 rings (SSSR count). The van der Waals surface area contributed by atoms with E-state index in [0.717, 1.165) is 11.1 Å². The lowest BCUT2D eigenvalue weighted by Crippen LogP contribution is -2.32. The molecule has 4 N–H and O–H groups in total. The molecule has 0 fully saturated rings. The third-order valence-corrected chi connectivity index (χ3v) is 5.83. The summed E-state index contributed by atoms with van der Waals surface area (Å²) in [4.78, 5) is 34.6. The van der Waals surface area contributed by atoms with Crippen molar-refractivity contribution in [3.05, 3.63) is 59.7 Å². The number of hydrogen-bond acceptors (Lipinski definition) is 5. The third kappa shape index (κ3) is 6.55. The Morgan fingerprint density at radius 1 is 0.970 bits per heavy atom. The van der Waals surface area contributed by atoms with Gasteiger partial charge in [0.25, 0.3) is 0 Å². The fraction of sp³-hybridized carbons (Fsp3) is 0.400. The number of fused-ring (bicyclic) bond motifs is 3. The highest BCUT2D eigenvalue weighted by Crippen LogP contribution is 2.44. The third-order valence-electron chi connectivity index (χ3n) is 5.83. The molecule has 0 aromatic heterocycles. The predicted molar refractivity (Wildman–Crippen MR) is 123 cm³/mol. The van der Waals surface area contributed by atoms with E-state index in [-0.39, 0.29) is 43.7 Å². The number of benzene rings is 2. The summed E-state index contributed by atoms with van der Waals surface area (Å²) in [7, 11) is 0. The van der Waals surface area contributed by atoms with Crippen molar-refractivity contribution in [2.75, 3.05) is 19.7 Å². The summed E-state index contributed by atoms with van der Waals surface area (Å²) >= 11 is 0. The molecule has 176 valence electrons. The fourth-order valence-corrected chi connectivity index (χ4v) is 3.95. The van der Waals surface area contributed by atoms with Crippen LogP contribution >= 0.6 is 0 Å². The van der Waals surface area contributed by atoms with Gasteiger partial charge in [-0.3, -0.25) is 4.79 Å². The van der Waals surface area contributed by atoms with Crippen LogP contribution in [0.3, 0.4) is 0 Å². The van der Waals surface area contributed by atoms with Gasteiger partial charge in [0.1, 0.15) is 6.61 Å². The Bertz CT molecular complexity index is 947. The lowest BCUT2D eigenvalue weighted by atomic mass is 9.98. The number of amides is 2. The number of carboxylic acid groups (broad SMARTS) is 1. The average Bonchev–Trinajstić information content (AvgIpc) is 3.13. The maximum absolute atomic E-state index is 12.2. The van der Waals surface area contributed by atoms with Crippen LogP contribution in [0.5, 0.6) is 0 Å². The van der Waals surface area contributed by atoms with Crippen LogP contribution in [0.25, 0.3) is 11.1 Å². The van der Waals surface area contributed by atoms with Crippen molar-refractivity contribution in [3.8, 4) is 11.1 Å². The van der Waals surface area contributed by atoms with Crippen LogP contribution in [-0.4, -0.2) is 54.0 Å². The van der Waals surface area contributed by atoms with Crippen LogP contribution in [0, 0.1) is 5.92 Å². The number of aliphatic hydroxyl groups is 1. The van der Waals surface area contributed by atoms with Crippen LogP contribution in [0.4, 0.5) is 4.79 Å². The lowest BCUT2D eigenvalue weighted by Gasteiger charge is -2.16. The molecule has 1 unspecified atom stereocenters. The molecule has 0 saturated carbocycles. The maximum atomic E-state index is 12.2. The van der Waals surface area contributed by atoms with E-state index in [0.29, 0.717) is 13.0 Å². The zero-order valence-electron chi connectivity index (χ0n) is 18.6. The fourth-order valence-electron chi connectivity index (χ4n) is 3.95. The summed E-state index contributed by atoms with van der Waals surface area (Å²) in [5.41, 5.74) is 4.65. The summed E-state index contributed by atoms with van der Waals surface area (Å²) in [6.45, 7) is 2.64. The van der Waals surface area contributed by atoms with E-state index in [1.54, 1.807) is 0 Å². The first kappa shape index (κ1) is 24.3. The Balaban J connectivity index is 1.37. The smallest absolute Gasteiger partial charge is 0.407 e. The highest BCUT2D eigenvalue weighted by Gasteiger charge is 2.29. The summed E-state index contributed by atoms with van der Waals surface area (Å²) in [5, 5.41) is 23.1. The molecule has 2 amide bonds. The number of nitrogens with one attached hydrogen (secondary N) is 2. The van der Waals surface area contributed by atoms with E-state index in [9.17, 15) is 19.5 Å². The maximum Gasteiger partial charge on any atom is 0.407 e. The van der Waals surface area contributed by atoms with E-state index in [2.05, 4.69) is 34.9 Å². The molecule has 2 aromatic carbocycles. The molecule has 0 spiro atoms. The van der Waals surface area contributed by atoms with Gasteiger partial charge in [0, 0.05) is 31.8 Å². The molecule has 8 nitrogen and oxygen atoms in total. The Hall–Kier alpha value is -3.39. The Labute approximate surface area is 193 Å². The quantitative estimate of drug-likeness (QED) is 0.414. The van der Waals surface area contributed by atoms with Gasteiger partial charge < -0.3 is 25.6 Å². The number of rotatable bonds is 11. The molecule has 0 saturated heterocycles. The van der Waals surface area contributed by atoms with E-state index < -0.39 is 18.2 Å². The number of alkyl carbamates (subject to hydrolysis) is 1. The van der Waals surface area contributed by atoms with Crippen molar-refractivity contribution in [3.63, 3.8) is 0 Å². The minimum atomic E-state index is -1.48. The van der Waals surface area contributed by atoms with Crippen molar-refractivity contribution >= 4 is 18.0 Å². The highest BCUT2D eigenvalue weighted by atomic mass is 16.5. The Kier molecular flexibility index (Phi) is 8.43. The molecule has 0 radical (unpaired) electrons. The zero-order valence-corrected chi connectivity index (χ0v) is 18.6. The molecular weight excluding hydrogens is 424 g/mol. The minimum absolute atomic E-state index is 0.00362. The molecule has 1 aliphatic rings. The largest absolute Gasteiger partial charge is 0.479 e. The molecule has 2 aromatic rings. The number of carbonyl (C=O) groups excluding carboxylic acids is 2. The van der Waals surface area contributed by atoms with Crippen molar-refractivity contribution in [2.24, 2.45) is 5.92 Å². The number of carboxylic acids is 1. The van der Waals surface area contributed by atoms with Gasteiger partial charge in [-0.15, -0.1) is 0 Å². The van der Waals surface area contributed by atoms with Crippen LogP contribution in [0.1, 0.15) is 43.2 Å². The Morgan fingerprint density at radius 2 is 1.58 bits per heavy atom. The van der Waals surface area contributed by atoms with E-state index in [1.165, 1.54) is 11.1 Å². The van der Waals surface area contributed by atoms with Crippen LogP contribution < -0.4 is 10.6 Å². The SMILES string of the molecule is CC(CCC(=O)NCC[C@H](O)C(=O)O)CNC(=O)OCC1c2ccccc2-c2ccccc21. The van der Waals surface area contributed by atoms with E-state index in [1.807, 2.05) is 31.2 Å². The predicted octanol–water partition coefficient (Wildman–Crippen LogP) is 2.89. The van der Waals surface area contributed by atoms with Gasteiger partial charge in [0.15, 0.2) is 6.10 Å². The van der Waals surface area contributed by atoms with Gasteiger partial charge in [-0.05, 0) is 34.6 Å². The minimum Gasteiger partial charge on any atom is -0.479 e. The molecule has 0 bridgehead atoms. The average molecular weight is 455 g/mol. The normalized spacial score (nSPS) is 14.0. The number of ether oxygens (including phenoxy) is 1. The van der Waals surface area contributed by atoms with Crippen LogP contribution in [0.15, 0.2) is 48.5 Å². The lowest BCUT2D eigenvalue weighted by molar-refractivity contribution is -0.147. The summed E-state index contributed by atoms with van der Waals surface area (Å²) in [6, 6.07) is 16.3. The summed E-state index contributed by atoms with van der Waals surface area (Å²) in [6.07, 6.45) is -1.21. The monoisotopic (exact) mass is 454 g/mol. The van der Waals surface area contributed by atoms with Gasteiger partial charge in [-0.25, -0.2) is 9.59 Å². The van der Waals surface area contributed by atoms with E-state index >= 15 is 0 Å².